The van der Waals surface area contributed by atoms with Crippen LogP contribution in [-0.4, -0.2) is 35.2 Å². The highest BCUT2D eigenvalue weighted by Gasteiger charge is 2.54. The summed E-state index contributed by atoms with van der Waals surface area (Å²) in [4.78, 5) is 0. The minimum Gasteiger partial charge on any atom is -0.390 e. The molecular formula is C10H19NO3. The van der Waals surface area contributed by atoms with Crippen LogP contribution in [0.25, 0.3) is 0 Å². The Morgan fingerprint density at radius 2 is 1.86 bits per heavy atom. The highest BCUT2D eigenvalue weighted by molar-refractivity contribution is 5.01. The molecule has 4 heteroatoms. The second kappa shape index (κ2) is 3.45. The number of hydrogen-bond acceptors (Lipinski definition) is 4. The van der Waals surface area contributed by atoms with Gasteiger partial charge in [-0.1, -0.05) is 13.8 Å². The third-order valence-electron chi connectivity index (χ3n) is 3.42. The van der Waals surface area contributed by atoms with Gasteiger partial charge in [0.05, 0.1) is 6.10 Å². The van der Waals surface area contributed by atoms with Crippen LogP contribution in [0.1, 0.15) is 33.1 Å². The van der Waals surface area contributed by atoms with Crippen molar-refractivity contribution in [1.29, 1.82) is 0 Å². The van der Waals surface area contributed by atoms with Gasteiger partial charge in [-0.2, -0.15) is 0 Å². The van der Waals surface area contributed by atoms with Crippen molar-refractivity contribution in [3.63, 3.8) is 0 Å². The summed E-state index contributed by atoms with van der Waals surface area (Å²) in [5, 5.41) is 9.71. The van der Waals surface area contributed by atoms with Crippen LogP contribution in [0.5, 0.6) is 0 Å². The molecule has 2 aliphatic rings. The monoisotopic (exact) mass is 201 g/mol. The van der Waals surface area contributed by atoms with Gasteiger partial charge in [-0.25, -0.2) is 0 Å². The summed E-state index contributed by atoms with van der Waals surface area (Å²) in [6, 6.07) is -0.0880. The van der Waals surface area contributed by atoms with E-state index in [0.29, 0.717) is 6.42 Å². The molecule has 4 nitrogen and oxygen atoms in total. The molecule has 0 spiro atoms. The fourth-order valence-electron chi connectivity index (χ4n) is 2.42. The summed E-state index contributed by atoms with van der Waals surface area (Å²) in [7, 11) is 0. The normalized spacial score (nSPS) is 45.4. The van der Waals surface area contributed by atoms with Crippen LogP contribution in [0.3, 0.4) is 0 Å². The lowest BCUT2D eigenvalue weighted by molar-refractivity contribution is -0.193. The minimum atomic E-state index is -0.506. The third-order valence-corrected chi connectivity index (χ3v) is 3.42. The summed E-state index contributed by atoms with van der Waals surface area (Å²) in [6.07, 6.45) is 1.38. The third kappa shape index (κ3) is 1.37. The molecule has 0 bridgehead atoms. The van der Waals surface area contributed by atoms with E-state index in [-0.39, 0.29) is 18.2 Å². The first-order valence-electron chi connectivity index (χ1n) is 5.41. The molecule has 0 unspecified atom stereocenters. The summed E-state index contributed by atoms with van der Waals surface area (Å²) >= 11 is 0. The predicted octanol–water partition coefficient (Wildman–Crippen LogP) is 0.379. The predicted molar refractivity (Wildman–Crippen MR) is 51.7 cm³/mol. The first-order valence-corrected chi connectivity index (χ1v) is 5.41. The van der Waals surface area contributed by atoms with Crippen LogP contribution in [0, 0.1) is 0 Å². The summed E-state index contributed by atoms with van der Waals surface area (Å²) in [5.41, 5.74) is 5.88. The molecule has 0 aromatic carbocycles. The molecule has 14 heavy (non-hydrogen) atoms. The van der Waals surface area contributed by atoms with Gasteiger partial charge in [0.1, 0.15) is 12.2 Å². The maximum Gasteiger partial charge on any atom is 0.168 e. The summed E-state index contributed by atoms with van der Waals surface area (Å²) < 4.78 is 11.6. The van der Waals surface area contributed by atoms with Gasteiger partial charge in [-0.05, 0) is 19.3 Å². The quantitative estimate of drug-likeness (QED) is 0.678. The molecule has 1 saturated heterocycles. The van der Waals surface area contributed by atoms with Gasteiger partial charge in [0.15, 0.2) is 5.79 Å². The zero-order chi connectivity index (χ0) is 10.3. The first-order chi connectivity index (χ1) is 6.62. The van der Waals surface area contributed by atoms with Crippen LogP contribution < -0.4 is 5.73 Å². The van der Waals surface area contributed by atoms with Gasteiger partial charge in [-0.3, -0.25) is 0 Å². The molecule has 1 saturated carbocycles. The second-order valence-electron chi connectivity index (χ2n) is 4.25. The molecular weight excluding hydrogens is 182 g/mol. The Morgan fingerprint density at radius 1 is 1.29 bits per heavy atom. The van der Waals surface area contributed by atoms with Gasteiger partial charge >= 0.3 is 0 Å². The van der Waals surface area contributed by atoms with Crippen molar-refractivity contribution in [2.24, 2.45) is 5.73 Å². The average molecular weight is 201 g/mol. The number of ether oxygens (including phenoxy) is 2. The number of aliphatic hydroxyl groups excluding tert-OH is 1. The van der Waals surface area contributed by atoms with Crippen molar-refractivity contribution >= 4 is 0 Å². The first kappa shape index (κ1) is 10.4. The number of nitrogens with two attached hydrogens (primary N) is 1. The van der Waals surface area contributed by atoms with Crippen molar-refractivity contribution in [2.75, 3.05) is 0 Å². The van der Waals surface area contributed by atoms with Crippen LogP contribution in [0.2, 0.25) is 0 Å². The number of fused-ring (bicyclic) bond motifs is 1. The van der Waals surface area contributed by atoms with Crippen molar-refractivity contribution in [3.05, 3.63) is 0 Å². The topological polar surface area (TPSA) is 64.7 Å². The van der Waals surface area contributed by atoms with Crippen LogP contribution in [0.4, 0.5) is 0 Å². The van der Waals surface area contributed by atoms with E-state index in [9.17, 15) is 5.11 Å². The molecule has 1 aliphatic heterocycles. The Balaban J connectivity index is 2.13. The van der Waals surface area contributed by atoms with E-state index < -0.39 is 11.9 Å². The largest absolute Gasteiger partial charge is 0.390 e. The van der Waals surface area contributed by atoms with Gasteiger partial charge in [0.2, 0.25) is 0 Å². The molecule has 3 N–H and O–H groups in total. The minimum absolute atomic E-state index is 0.0880. The zero-order valence-electron chi connectivity index (χ0n) is 8.77. The molecule has 2 rings (SSSR count). The maximum absolute atomic E-state index is 9.71. The van der Waals surface area contributed by atoms with Crippen molar-refractivity contribution in [3.8, 4) is 0 Å². The Kier molecular flexibility index (Phi) is 2.55. The average Bonchev–Trinajstić information content (AvgIpc) is 2.67. The molecule has 0 radical (unpaired) electrons. The Labute approximate surface area is 84.4 Å². The fraction of sp³-hybridized carbons (Fsp3) is 1.00. The smallest absolute Gasteiger partial charge is 0.168 e. The van der Waals surface area contributed by atoms with Crippen LogP contribution in [-0.2, 0) is 9.47 Å². The molecule has 1 aliphatic carbocycles. The molecule has 0 aromatic rings. The Hall–Kier alpha value is -0.160. The van der Waals surface area contributed by atoms with Crippen molar-refractivity contribution in [1.82, 2.24) is 0 Å². The van der Waals surface area contributed by atoms with Crippen LogP contribution in [0.15, 0.2) is 0 Å². The zero-order valence-corrected chi connectivity index (χ0v) is 8.77. The molecule has 2 fully saturated rings. The van der Waals surface area contributed by atoms with E-state index in [1.165, 1.54) is 0 Å². The van der Waals surface area contributed by atoms with E-state index in [1.54, 1.807) is 0 Å². The van der Waals surface area contributed by atoms with E-state index in [4.69, 9.17) is 15.2 Å². The lowest BCUT2D eigenvalue weighted by Crippen LogP contribution is -2.36. The fourth-order valence-corrected chi connectivity index (χ4v) is 2.42. The van der Waals surface area contributed by atoms with E-state index in [1.807, 2.05) is 13.8 Å². The molecule has 0 aromatic heterocycles. The summed E-state index contributed by atoms with van der Waals surface area (Å²) in [5.74, 6) is -0.506. The lowest BCUT2D eigenvalue weighted by Gasteiger charge is -2.27. The number of rotatable bonds is 2. The molecule has 1 heterocycles. The molecule has 0 amide bonds. The standard InChI is InChI=1S/C10H19NO3/c1-3-10(4-2)13-8-6(11)5-7(12)9(8)14-10/h6-9,12H,3-5,11H2,1-2H3/t6-,7+,8+,9-/m1/s1. The van der Waals surface area contributed by atoms with Gasteiger partial charge < -0.3 is 20.3 Å². The molecule has 4 atom stereocenters. The van der Waals surface area contributed by atoms with E-state index >= 15 is 0 Å². The summed E-state index contributed by atoms with van der Waals surface area (Å²) in [6.45, 7) is 4.06. The molecule has 82 valence electrons. The lowest BCUT2D eigenvalue weighted by atomic mass is 10.1. The van der Waals surface area contributed by atoms with Crippen molar-refractivity contribution in [2.45, 2.75) is 63.3 Å². The van der Waals surface area contributed by atoms with Gasteiger partial charge in [0, 0.05) is 6.04 Å². The van der Waals surface area contributed by atoms with E-state index in [2.05, 4.69) is 0 Å². The van der Waals surface area contributed by atoms with E-state index in [0.717, 1.165) is 12.8 Å². The Bertz CT molecular complexity index is 199. The second-order valence-corrected chi connectivity index (χ2v) is 4.25. The number of hydrogen-bond donors (Lipinski definition) is 2. The number of aliphatic hydroxyl groups is 1. The van der Waals surface area contributed by atoms with Crippen LogP contribution >= 0.6 is 0 Å². The van der Waals surface area contributed by atoms with Gasteiger partial charge in [-0.15, -0.1) is 0 Å². The Morgan fingerprint density at radius 3 is 2.36 bits per heavy atom. The van der Waals surface area contributed by atoms with Crippen molar-refractivity contribution < 1.29 is 14.6 Å². The SMILES string of the molecule is CCC1(CC)O[C@@H]2[C@H](O1)[C@@H](O)C[C@H]2N. The maximum atomic E-state index is 9.71. The highest BCUT2D eigenvalue weighted by atomic mass is 16.8. The van der Waals surface area contributed by atoms with Gasteiger partial charge in [0.25, 0.3) is 0 Å². The highest BCUT2D eigenvalue weighted by Crippen LogP contribution is 2.41.